The lowest BCUT2D eigenvalue weighted by Gasteiger charge is -2.14. The highest BCUT2D eigenvalue weighted by Gasteiger charge is 2.38. The first-order chi connectivity index (χ1) is 11.2. The fourth-order valence-electron chi connectivity index (χ4n) is 3.15. The zero-order valence-corrected chi connectivity index (χ0v) is 13.1. The largest absolute Gasteiger partial charge is 0.393 e. The Morgan fingerprint density at radius 2 is 2.00 bits per heavy atom. The van der Waals surface area contributed by atoms with Gasteiger partial charge in [-0.25, -0.2) is 9.97 Å². The molecule has 0 amide bonds. The second-order valence-electron chi connectivity index (χ2n) is 6.73. The summed E-state index contributed by atoms with van der Waals surface area (Å²) in [6.07, 6.45) is 7.03. The van der Waals surface area contributed by atoms with Crippen molar-refractivity contribution >= 4 is 5.95 Å². The van der Waals surface area contributed by atoms with Gasteiger partial charge in [-0.15, -0.1) is 0 Å². The van der Waals surface area contributed by atoms with E-state index in [0.717, 1.165) is 30.7 Å². The summed E-state index contributed by atoms with van der Waals surface area (Å²) >= 11 is 0. The molecule has 2 fully saturated rings. The molecule has 3 atom stereocenters. The minimum atomic E-state index is -0.366. The van der Waals surface area contributed by atoms with Crippen molar-refractivity contribution in [3.05, 3.63) is 29.7 Å². The van der Waals surface area contributed by atoms with E-state index in [1.807, 2.05) is 6.92 Å². The van der Waals surface area contributed by atoms with E-state index in [0.29, 0.717) is 30.7 Å². The van der Waals surface area contributed by atoms with Crippen LogP contribution in [0.3, 0.4) is 0 Å². The third-order valence-corrected chi connectivity index (χ3v) is 4.71. The second-order valence-corrected chi connectivity index (χ2v) is 6.73. The van der Waals surface area contributed by atoms with E-state index in [2.05, 4.69) is 25.4 Å². The van der Waals surface area contributed by atoms with Gasteiger partial charge in [0.25, 0.3) is 0 Å². The number of rotatable bonds is 5. The monoisotopic (exact) mass is 315 g/mol. The highest BCUT2D eigenvalue weighted by Crippen LogP contribution is 2.41. The number of anilines is 1. The number of hydrogen-bond acceptors (Lipinski definition) is 7. The van der Waals surface area contributed by atoms with Crippen molar-refractivity contribution in [1.82, 2.24) is 20.1 Å². The lowest BCUT2D eigenvalue weighted by Crippen LogP contribution is -2.22. The Morgan fingerprint density at radius 1 is 1.22 bits per heavy atom. The third kappa shape index (κ3) is 3.19. The van der Waals surface area contributed by atoms with Gasteiger partial charge in [-0.1, -0.05) is 5.16 Å². The quantitative estimate of drug-likeness (QED) is 0.871. The molecule has 2 aromatic rings. The number of aliphatic hydroxyl groups is 1. The summed E-state index contributed by atoms with van der Waals surface area (Å²) < 4.78 is 5.41. The molecule has 2 N–H and O–H groups in total. The van der Waals surface area contributed by atoms with Crippen LogP contribution in [0.15, 0.2) is 16.9 Å². The van der Waals surface area contributed by atoms with Crippen molar-refractivity contribution in [2.75, 3.05) is 11.9 Å². The molecule has 0 radical (unpaired) electrons. The average molecular weight is 315 g/mol. The number of aromatic nitrogens is 4. The zero-order valence-electron chi connectivity index (χ0n) is 13.1. The summed E-state index contributed by atoms with van der Waals surface area (Å²) in [4.78, 5) is 13.0. The normalized spacial score (nSPS) is 27.3. The van der Waals surface area contributed by atoms with E-state index in [1.165, 1.54) is 0 Å². The SMILES string of the molecule is Cc1cnc(NC[C@H]2C[C@H](c3nc(C4CC4)no3)C[C@H]2O)nc1. The molecule has 2 aliphatic carbocycles. The standard InChI is InChI=1S/C16H21N5O2/c1-9-6-17-16(18-7-9)19-8-12-4-11(5-13(12)22)15-20-14(21-23-15)10-2-3-10/h6-7,10-13,22H,2-5,8H2,1H3,(H,17,18,19)/t11-,12+,13+/m0/s1. The lowest BCUT2D eigenvalue weighted by molar-refractivity contribution is 0.137. The molecule has 23 heavy (non-hydrogen) atoms. The summed E-state index contributed by atoms with van der Waals surface area (Å²) in [5.74, 6) is 2.90. The van der Waals surface area contributed by atoms with Crippen molar-refractivity contribution in [3.8, 4) is 0 Å². The maximum absolute atomic E-state index is 10.3. The Bertz CT molecular complexity index is 667. The predicted octanol–water partition coefficient (Wildman–Crippen LogP) is 2.01. The smallest absolute Gasteiger partial charge is 0.229 e. The number of hydrogen-bond donors (Lipinski definition) is 2. The summed E-state index contributed by atoms with van der Waals surface area (Å²) in [5.41, 5.74) is 1.03. The summed E-state index contributed by atoms with van der Waals surface area (Å²) in [6, 6.07) is 0. The Balaban J connectivity index is 1.35. The number of aliphatic hydroxyl groups excluding tert-OH is 1. The van der Waals surface area contributed by atoms with Gasteiger partial charge < -0.3 is 14.9 Å². The molecule has 7 heteroatoms. The molecule has 0 unspecified atom stereocenters. The first kappa shape index (κ1) is 14.6. The molecule has 2 aliphatic rings. The van der Waals surface area contributed by atoms with Crippen LogP contribution in [0.5, 0.6) is 0 Å². The maximum atomic E-state index is 10.3. The van der Waals surface area contributed by atoms with Crippen LogP contribution < -0.4 is 5.32 Å². The third-order valence-electron chi connectivity index (χ3n) is 4.71. The van der Waals surface area contributed by atoms with Crippen molar-refractivity contribution in [2.45, 2.75) is 50.5 Å². The molecular formula is C16H21N5O2. The van der Waals surface area contributed by atoms with Crippen molar-refractivity contribution in [1.29, 1.82) is 0 Å². The minimum absolute atomic E-state index is 0.140. The summed E-state index contributed by atoms with van der Waals surface area (Å²) in [6.45, 7) is 2.60. The molecule has 0 aliphatic heterocycles. The lowest BCUT2D eigenvalue weighted by atomic mass is 10.0. The Morgan fingerprint density at radius 3 is 2.74 bits per heavy atom. The van der Waals surface area contributed by atoms with Gasteiger partial charge in [0.2, 0.25) is 11.8 Å². The van der Waals surface area contributed by atoms with Crippen molar-refractivity contribution in [2.24, 2.45) is 5.92 Å². The average Bonchev–Trinajstić information content (AvgIpc) is 3.16. The van der Waals surface area contributed by atoms with E-state index in [4.69, 9.17) is 4.52 Å². The van der Waals surface area contributed by atoms with Gasteiger partial charge in [0.15, 0.2) is 5.82 Å². The highest BCUT2D eigenvalue weighted by molar-refractivity contribution is 5.24. The fraction of sp³-hybridized carbons (Fsp3) is 0.625. The zero-order chi connectivity index (χ0) is 15.8. The van der Waals surface area contributed by atoms with Crippen molar-refractivity contribution < 1.29 is 9.63 Å². The molecular weight excluding hydrogens is 294 g/mol. The van der Waals surface area contributed by atoms with Crippen LogP contribution in [0.4, 0.5) is 5.95 Å². The Hall–Kier alpha value is -2.02. The van der Waals surface area contributed by atoms with Crippen LogP contribution in [0.2, 0.25) is 0 Å². The van der Waals surface area contributed by atoms with Gasteiger partial charge in [-0.05, 0) is 38.2 Å². The first-order valence-corrected chi connectivity index (χ1v) is 8.23. The molecule has 2 heterocycles. The topological polar surface area (TPSA) is 97.0 Å². The van der Waals surface area contributed by atoms with Gasteiger partial charge in [0.05, 0.1) is 6.10 Å². The van der Waals surface area contributed by atoms with E-state index in [1.54, 1.807) is 12.4 Å². The Labute approximate surface area is 134 Å². The fourth-order valence-corrected chi connectivity index (χ4v) is 3.15. The van der Waals surface area contributed by atoms with Crippen LogP contribution >= 0.6 is 0 Å². The molecule has 0 bridgehead atoms. The number of nitrogens with one attached hydrogen (secondary N) is 1. The summed E-state index contributed by atoms with van der Waals surface area (Å²) in [7, 11) is 0. The predicted molar refractivity (Wildman–Crippen MR) is 83.0 cm³/mol. The molecule has 2 aromatic heterocycles. The number of aryl methyl sites for hydroxylation is 1. The van der Waals surface area contributed by atoms with E-state index < -0.39 is 0 Å². The summed E-state index contributed by atoms with van der Waals surface area (Å²) in [5, 5.41) is 17.6. The van der Waals surface area contributed by atoms with Crippen molar-refractivity contribution in [3.63, 3.8) is 0 Å². The highest BCUT2D eigenvalue weighted by atomic mass is 16.5. The van der Waals surface area contributed by atoms with Crippen LogP contribution in [-0.2, 0) is 0 Å². The van der Waals surface area contributed by atoms with Crippen LogP contribution in [0, 0.1) is 12.8 Å². The second kappa shape index (κ2) is 5.88. The van der Waals surface area contributed by atoms with Crippen LogP contribution in [0.25, 0.3) is 0 Å². The maximum Gasteiger partial charge on any atom is 0.229 e. The van der Waals surface area contributed by atoms with Gasteiger partial charge in [0, 0.05) is 36.7 Å². The minimum Gasteiger partial charge on any atom is -0.393 e. The van der Waals surface area contributed by atoms with E-state index in [-0.39, 0.29) is 17.9 Å². The van der Waals surface area contributed by atoms with Gasteiger partial charge >= 0.3 is 0 Å². The van der Waals surface area contributed by atoms with Crippen LogP contribution in [0.1, 0.15) is 54.8 Å². The molecule has 0 aromatic carbocycles. The van der Waals surface area contributed by atoms with Gasteiger partial charge in [0.1, 0.15) is 0 Å². The van der Waals surface area contributed by atoms with Crippen LogP contribution in [-0.4, -0.2) is 37.9 Å². The molecule has 4 rings (SSSR count). The van der Waals surface area contributed by atoms with E-state index in [9.17, 15) is 5.11 Å². The molecule has 2 saturated carbocycles. The molecule has 0 saturated heterocycles. The first-order valence-electron chi connectivity index (χ1n) is 8.23. The molecule has 0 spiro atoms. The molecule has 122 valence electrons. The van der Waals surface area contributed by atoms with E-state index >= 15 is 0 Å². The van der Waals surface area contributed by atoms with Gasteiger partial charge in [-0.2, -0.15) is 4.98 Å². The Kier molecular flexibility index (Phi) is 3.72. The molecule has 7 nitrogen and oxygen atoms in total. The number of nitrogens with zero attached hydrogens (tertiary/aromatic N) is 4. The van der Waals surface area contributed by atoms with Gasteiger partial charge in [-0.3, -0.25) is 0 Å².